The zero-order valence-electron chi connectivity index (χ0n) is 10.5. The van der Waals surface area contributed by atoms with E-state index in [1.165, 1.54) is 0 Å². The Kier molecular flexibility index (Phi) is 3.77. The van der Waals surface area contributed by atoms with E-state index in [1.807, 2.05) is 37.5 Å². The molecule has 0 aliphatic rings. The maximum Gasteiger partial charge on any atom is 0.137 e. The maximum atomic E-state index is 11.8. The molecule has 0 unspecified atom stereocenters. The normalized spacial score (nSPS) is 10.5. The molecule has 0 spiro atoms. The molecule has 0 atom stereocenters. The Balaban J connectivity index is 1.83. The molecule has 0 radical (unpaired) electrons. The summed E-state index contributed by atoms with van der Waals surface area (Å²) in [7, 11) is 1.87. The fraction of sp³-hybridized carbons (Fsp3) is 0.286. The first-order valence-electron chi connectivity index (χ1n) is 5.97. The minimum Gasteiger partial charge on any atom is -0.399 e. The third kappa shape index (κ3) is 3.45. The van der Waals surface area contributed by atoms with Crippen LogP contribution in [0.2, 0.25) is 0 Å². The molecule has 18 heavy (non-hydrogen) atoms. The molecule has 0 bridgehead atoms. The lowest BCUT2D eigenvalue weighted by Crippen LogP contribution is -2.04. The number of nitrogens with two attached hydrogens (primary N) is 1. The molecule has 94 valence electrons. The monoisotopic (exact) mass is 243 g/mol. The summed E-state index contributed by atoms with van der Waals surface area (Å²) in [5.74, 6) is 0.239. The predicted octanol–water partition coefficient (Wildman–Crippen LogP) is 1.75. The quantitative estimate of drug-likeness (QED) is 0.814. The van der Waals surface area contributed by atoms with Gasteiger partial charge in [0, 0.05) is 31.8 Å². The van der Waals surface area contributed by atoms with Crippen LogP contribution in [0.15, 0.2) is 36.7 Å². The number of hydrogen-bond donors (Lipinski definition) is 1. The number of aryl methyl sites for hydroxylation is 2. The Morgan fingerprint density at radius 1 is 1.28 bits per heavy atom. The summed E-state index contributed by atoms with van der Waals surface area (Å²) in [6.07, 6.45) is 5.52. The zero-order valence-corrected chi connectivity index (χ0v) is 10.5. The van der Waals surface area contributed by atoms with Gasteiger partial charge in [-0.05, 0) is 29.7 Å². The Morgan fingerprint density at radius 3 is 2.61 bits per heavy atom. The number of aromatic nitrogens is 2. The molecule has 0 amide bonds. The van der Waals surface area contributed by atoms with Crippen LogP contribution in [-0.2, 0) is 24.7 Å². The van der Waals surface area contributed by atoms with Gasteiger partial charge in [-0.1, -0.05) is 12.1 Å². The Morgan fingerprint density at radius 2 is 2.00 bits per heavy atom. The van der Waals surface area contributed by atoms with Gasteiger partial charge in [0.05, 0.1) is 6.20 Å². The molecule has 2 aromatic rings. The maximum absolute atomic E-state index is 11.8. The number of nitrogen functional groups attached to an aromatic ring is 1. The van der Waals surface area contributed by atoms with E-state index < -0.39 is 0 Å². The SMILES string of the molecule is Cn1cc(CCC(=O)Cc2ccc(N)cc2)cn1. The summed E-state index contributed by atoms with van der Waals surface area (Å²) in [6.45, 7) is 0. The van der Waals surface area contributed by atoms with Gasteiger partial charge in [0.2, 0.25) is 0 Å². The first kappa shape index (κ1) is 12.4. The highest BCUT2D eigenvalue weighted by molar-refractivity contribution is 5.81. The molecule has 1 heterocycles. The number of hydrogen-bond acceptors (Lipinski definition) is 3. The average molecular weight is 243 g/mol. The highest BCUT2D eigenvalue weighted by Crippen LogP contribution is 2.09. The van der Waals surface area contributed by atoms with Crippen LogP contribution >= 0.6 is 0 Å². The fourth-order valence-corrected chi connectivity index (χ4v) is 1.84. The molecular weight excluding hydrogens is 226 g/mol. The van der Waals surface area contributed by atoms with Gasteiger partial charge in [-0.25, -0.2) is 0 Å². The number of Topliss-reactive ketones (excluding diaryl/α,β-unsaturated/α-hetero) is 1. The first-order chi connectivity index (χ1) is 8.63. The summed E-state index contributed by atoms with van der Waals surface area (Å²) in [5, 5.41) is 4.08. The van der Waals surface area contributed by atoms with Crippen LogP contribution in [0, 0.1) is 0 Å². The van der Waals surface area contributed by atoms with Crippen molar-refractivity contribution in [2.75, 3.05) is 5.73 Å². The lowest BCUT2D eigenvalue weighted by molar-refractivity contribution is -0.118. The van der Waals surface area contributed by atoms with Crippen molar-refractivity contribution in [2.45, 2.75) is 19.3 Å². The minimum atomic E-state index is 0.239. The standard InChI is InChI=1S/C14H17N3O/c1-17-10-12(9-16-17)4-7-14(18)8-11-2-5-13(15)6-3-11/h2-3,5-6,9-10H,4,7-8,15H2,1H3. The van der Waals surface area contributed by atoms with Crippen LogP contribution in [0.1, 0.15) is 17.5 Å². The van der Waals surface area contributed by atoms with E-state index in [0.29, 0.717) is 12.8 Å². The molecule has 2 N–H and O–H groups in total. The second-order valence-corrected chi connectivity index (χ2v) is 4.48. The Hall–Kier alpha value is -2.10. The summed E-state index contributed by atoms with van der Waals surface area (Å²) in [5.41, 5.74) is 8.44. The van der Waals surface area contributed by atoms with Crippen LogP contribution < -0.4 is 5.73 Å². The highest BCUT2D eigenvalue weighted by atomic mass is 16.1. The molecule has 0 saturated carbocycles. The van der Waals surface area contributed by atoms with E-state index in [1.54, 1.807) is 10.9 Å². The van der Waals surface area contributed by atoms with Gasteiger partial charge < -0.3 is 5.73 Å². The number of carbonyl (C=O) groups excluding carboxylic acids is 1. The van der Waals surface area contributed by atoms with Gasteiger partial charge in [0.25, 0.3) is 0 Å². The number of carbonyl (C=O) groups is 1. The zero-order chi connectivity index (χ0) is 13.0. The van der Waals surface area contributed by atoms with Crippen molar-refractivity contribution in [3.63, 3.8) is 0 Å². The summed E-state index contributed by atoms with van der Waals surface area (Å²) >= 11 is 0. The molecule has 4 nitrogen and oxygen atoms in total. The van der Waals surface area contributed by atoms with Crippen LogP contribution in [0.25, 0.3) is 0 Å². The van der Waals surface area contributed by atoms with E-state index in [9.17, 15) is 4.79 Å². The predicted molar refractivity (Wildman–Crippen MR) is 71.1 cm³/mol. The lowest BCUT2D eigenvalue weighted by atomic mass is 10.0. The number of ketones is 1. The number of rotatable bonds is 5. The van der Waals surface area contributed by atoms with E-state index >= 15 is 0 Å². The van der Waals surface area contributed by atoms with Crippen molar-refractivity contribution in [3.05, 3.63) is 47.8 Å². The molecule has 0 aliphatic carbocycles. The van der Waals surface area contributed by atoms with Gasteiger partial charge in [0.1, 0.15) is 5.78 Å². The molecule has 2 rings (SSSR count). The summed E-state index contributed by atoms with van der Waals surface area (Å²) in [6, 6.07) is 7.45. The van der Waals surface area contributed by atoms with Crippen molar-refractivity contribution in [2.24, 2.45) is 7.05 Å². The number of benzene rings is 1. The van der Waals surface area contributed by atoms with Crippen LogP contribution in [0.4, 0.5) is 5.69 Å². The Bertz CT molecular complexity index is 528. The van der Waals surface area contributed by atoms with Crippen molar-refractivity contribution in [3.8, 4) is 0 Å². The van der Waals surface area contributed by atoms with Crippen molar-refractivity contribution in [1.29, 1.82) is 0 Å². The summed E-state index contributed by atoms with van der Waals surface area (Å²) < 4.78 is 1.75. The number of nitrogens with zero attached hydrogens (tertiary/aromatic N) is 2. The third-order valence-electron chi connectivity index (χ3n) is 2.83. The van der Waals surface area contributed by atoms with Gasteiger partial charge in [-0.2, -0.15) is 5.10 Å². The minimum absolute atomic E-state index is 0.239. The average Bonchev–Trinajstić information content (AvgIpc) is 2.76. The lowest BCUT2D eigenvalue weighted by Gasteiger charge is -2.01. The smallest absolute Gasteiger partial charge is 0.137 e. The molecule has 1 aromatic carbocycles. The molecule has 0 aliphatic heterocycles. The van der Waals surface area contributed by atoms with E-state index in [0.717, 1.165) is 23.2 Å². The van der Waals surface area contributed by atoms with E-state index in [-0.39, 0.29) is 5.78 Å². The van der Waals surface area contributed by atoms with E-state index in [2.05, 4.69) is 5.10 Å². The second kappa shape index (κ2) is 5.49. The summed E-state index contributed by atoms with van der Waals surface area (Å²) in [4.78, 5) is 11.8. The largest absolute Gasteiger partial charge is 0.399 e. The highest BCUT2D eigenvalue weighted by Gasteiger charge is 2.05. The fourth-order valence-electron chi connectivity index (χ4n) is 1.84. The third-order valence-corrected chi connectivity index (χ3v) is 2.83. The van der Waals surface area contributed by atoms with Crippen LogP contribution in [0.5, 0.6) is 0 Å². The second-order valence-electron chi connectivity index (χ2n) is 4.48. The van der Waals surface area contributed by atoms with Gasteiger partial charge in [0.15, 0.2) is 0 Å². The van der Waals surface area contributed by atoms with Gasteiger partial charge in [-0.3, -0.25) is 9.48 Å². The molecule has 0 fully saturated rings. The van der Waals surface area contributed by atoms with Crippen LogP contribution in [0.3, 0.4) is 0 Å². The molecular formula is C14H17N3O. The van der Waals surface area contributed by atoms with E-state index in [4.69, 9.17) is 5.73 Å². The number of anilines is 1. The first-order valence-corrected chi connectivity index (χ1v) is 5.97. The Labute approximate surface area is 106 Å². The molecule has 1 aromatic heterocycles. The van der Waals surface area contributed by atoms with Crippen molar-refractivity contribution in [1.82, 2.24) is 9.78 Å². The van der Waals surface area contributed by atoms with Crippen LogP contribution in [-0.4, -0.2) is 15.6 Å². The van der Waals surface area contributed by atoms with Gasteiger partial charge >= 0.3 is 0 Å². The van der Waals surface area contributed by atoms with Gasteiger partial charge in [-0.15, -0.1) is 0 Å². The van der Waals surface area contributed by atoms with Crippen molar-refractivity contribution < 1.29 is 4.79 Å². The topological polar surface area (TPSA) is 60.9 Å². The molecule has 4 heteroatoms. The molecule has 0 saturated heterocycles. The van der Waals surface area contributed by atoms with Crippen molar-refractivity contribution >= 4 is 11.5 Å².